The Morgan fingerprint density at radius 2 is 1.64 bits per heavy atom. The van der Waals surface area contributed by atoms with Gasteiger partial charge in [0.15, 0.2) is 23.2 Å². The Labute approximate surface area is 147 Å². The molecule has 0 aromatic heterocycles. The van der Waals surface area contributed by atoms with E-state index in [4.69, 9.17) is 4.74 Å². The van der Waals surface area contributed by atoms with Crippen molar-refractivity contribution >= 4 is 10.8 Å². The van der Waals surface area contributed by atoms with Gasteiger partial charge in [0.1, 0.15) is 0 Å². The Hall–Kier alpha value is -1.71. The van der Waals surface area contributed by atoms with Crippen LogP contribution in [0, 0.1) is 29.3 Å². The number of ether oxygens (including phenoxy) is 1. The SMILES string of the molecule is CCC1CCC(CCc2cc3ccc(OC)c(F)c3c(F)c2F)CC1. The standard InChI is InChI=1S/C21H25F3O/c1-3-13-4-6-14(7-5-13)8-9-16-12-15-10-11-17(25-2)20(23)18(15)21(24)19(16)22/h10-14H,3-9H2,1-2H3. The van der Waals surface area contributed by atoms with Crippen molar-refractivity contribution in [1.82, 2.24) is 0 Å². The zero-order chi connectivity index (χ0) is 18.0. The molecule has 1 saturated carbocycles. The highest BCUT2D eigenvalue weighted by Gasteiger charge is 2.22. The maximum absolute atomic E-state index is 14.4. The van der Waals surface area contributed by atoms with Gasteiger partial charge in [0.2, 0.25) is 0 Å². The summed E-state index contributed by atoms with van der Waals surface area (Å²) in [6.45, 7) is 2.23. The van der Waals surface area contributed by atoms with Gasteiger partial charge in [-0.05, 0) is 47.8 Å². The van der Waals surface area contributed by atoms with E-state index in [1.54, 1.807) is 12.1 Å². The van der Waals surface area contributed by atoms with E-state index in [9.17, 15) is 13.2 Å². The second-order valence-corrected chi connectivity index (χ2v) is 7.18. The molecule has 4 heteroatoms. The lowest BCUT2D eigenvalue weighted by Crippen LogP contribution is -2.14. The number of methoxy groups -OCH3 is 1. The summed E-state index contributed by atoms with van der Waals surface area (Å²) in [4.78, 5) is 0. The predicted molar refractivity (Wildman–Crippen MR) is 94.4 cm³/mol. The van der Waals surface area contributed by atoms with Crippen molar-refractivity contribution in [3.05, 3.63) is 41.2 Å². The lowest BCUT2D eigenvalue weighted by molar-refractivity contribution is 0.258. The fourth-order valence-electron chi connectivity index (χ4n) is 4.04. The molecule has 0 saturated heterocycles. The van der Waals surface area contributed by atoms with Gasteiger partial charge in [-0.2, -0.15) is 0 Å². The van der Waals surface area contributed by atoms with Crippen molar-refractivity contribution in [2.24, 2.45) is 11.8 Å². The summed E-state index contributed by atoms with van der Waals surface area (Å²) >= 11 is 0. The van der Waals surface area contributed by atoms with Gasteiger partial charge in [0, 0.05) is 0 Å². The van der Waals surface area contributed by atoms with E-state index < -0.39 is 17.5 Å². The molecular formula is C21H25F3O. The average molecular weight is 350 g/mol. The van der Waals surface area contributed by atoms with E-state index in [1.165, 1.54) is 45.3 Å². The molecule has 0 radical (unpaired) electrons. The van der Waals surface area contributed by atoms with Crippen LogP contribution in [0.2, 0.25) is 0 Å². The summed E-state index contributed by atoms with van der Waals surface area (Å²) in [5.41, 5.74) is 0.340. The van der Waals surface area contributed by atoms with Crippen molar-refractivity contribution in [2.75, 3.05) is 7.11 Å². The maximum Gasteiger partial charge on any atom is 0.175 e. The van der Waals surface area contributed by atoms with Crippen LogP contribution in [0.5, 0.6) is 5.75 Å². The van der Waals surface area contributed by atoms with E-state index in [1.807, 2.05) is 0 Å². The van der Waals surface area contributed by atoms with E-state index in [-0.39, 0.29) is 11.1 Å². The van der Waals surface area contributed by atoms with E-state index in [0.717, 1.165) is 12.3 Å². The first-order valence-corrected chi connectivity index (χ1v) is 9.18. The number of halogens is 3. The Balaban J connectivity index is 1.80. The Kier molecular flexibility index (Phi) is 5.55. The molecule has 2 aromatic carbocycles. The fourth-order valence-corrected chi connectivity index (χ4v) is 4.04. The van der Waals surface area contributed by atoms with Crippen LogP contribution in [0.15, 0.2) is 18.2 Å². The van der Waals surface area contributed by atoms with Gasteiger partial charge in [-0.15, -0.1) is 0 Å². The zero-order valence-electron chi connectivity index (χ0n) is 14.9. The minimum atomic E-state index is -1.11. The van der Waals surface area contributed by atoms with Gasteiger partial charge in [-0.1, -0.05) is 45.1 Å². The summed E-state index contributed by atoms with van der Waals surface area (Å²) in [5, 5.41) is 0.0472. The molecule has 25 heavy (non-hydrogen) atoms. The first kappa shape index (κ1) is 18.1. The third-order valence-corrected chi connectivity index (χ3v) is 5.75. The molecule has 2 aromatic rings. The van der Waals surface area contributed by atoms with Crippen LogP contribution in [-0.4, -0.2) is 7.11 Å². The lowest BCUT2D eigenvalue weighted by atomic mass is 9.78. The topological polar surface area (TPSA) is 9.23 Å². The molecule has 3 rings (SSSR count). The van der Waals surface area contributed by atoms with Crippen LogP contribution in [0.3, 0.4) is 0 Å². The lowest BCUT2D eigenvalue weighted by Gasteiger charge is -2.27. The quantitative estimate of drug-likeness (QED) is 0.605. The van der Waals surface area contributed by atoms with Crippen molar-refractivity contribution < 1.29 is 17.9 Å². The molecule has 0 amide bonds. The number of hydrogen-bond acceptors (Lipinski definition) is 1. The van der Waals surface area contributed by atoms with Crippen molar-refractivity contribution in [2.45, 2.75) is 51.9 Å². The van der Waals surface area contributed by atoms with Gasteiger partial charge >= 0.3 is 0 Å². The largest absolute Gasteiger partial charge is 0.494 e. The number of hydrogen-bond donors (Lipinski definition) is 0. The third kappa shape index (κ3) is 3.63. The van der Waals surface area contributed by atoms with Crippen molar-refractivity contribution in [1.29, 1.82) is 0 Å². The number of benzene rings is 2. The Bertz CT molecular complexity index is 749. The summed E-state index contributed by atoms with van der Waals surface area (Å²) in [7, 11) is 1.31. The van der Waals surface area contributed by atoms with Gasteiger partial charge < -0.3 is 4.74 Å². The monoisotopic (exact) mass is 350 g/mol. The molecule has 0 unspecified atom stereocenters. The second-order valence-electron chi connectivity index (χ2n) is 7.18. The third-order valence-electron chi connectivity index (χ3n) is 5.75. The molecule has 1 nitrogen and oxygen atoms in total. The zero-order valence-corrected chi connectivity index (χ0v) is 14.9. The first-order valence-electron chi connectivity index (χ1n) is 9.18. The van der Waals surface area contributed by atoms with Crippen LogP contribution in [0.4, 0.5) is 13.2 Å². The number of fused-ring (bicyclic) bond motifs is 1. The fraction of sp³-hybridized carbons (Fsp3) is 0.524. The minimum Gasteiger partial charge on any atom is -0.494 e. The molecule has 0 atom stereocenters. The van der Waals surface area contributed by atoms with Gasteiger partial charge in [0.25, 0.3) is 0 Å². The normalized spacial score (nSPS) is 20.8. The highest BCUT2D eigenvalue weighted by Crippen LogP contribution is 2.35. The molecule has 0 N–H and O–H groups in total. The molecular weight excluding hydrogens is 325 g/mol. The van der Waals surface area contributed by atoms with E-state index in [0.29, 0.717) is 23.3 Å². The second kappa shape index (κ2) is 7.67. The van der Waals surface area contributed by atoms with Gasteiger partial charge in [0.05, 0.1) is 12.5 Å². The average Bonchev–Trinajstić information content (AvgIpc) is 2.64. The molecule has 0 spiro atoms. The minimum absolute atomic E-state index is 0.0776. The summed E-state index contributed by atoms with van der Waals surface area (Å²) < 4.78 is 48.0. The molecule has 0 aliphatic heterocycles. The molecule has 1 aliphatic carbocycles. The smallest absolute Gasteiger partial charge is 0.175 e. The van der Waals surface area contributed by atoms with Crippen LogP contribution < -0.4 is 4.74 Å². The first-order chi connectivity index (χ1) is 12.0. The van der Waals surface area contributed by atoms with Crippen molar-refractivity contribution in [3.63, 3.8) is 0 Å². The van der Waals surface area contributed by atoms with Crippen LogP contribution in [-0.2, 0) is 6.42 Å². The number of aryl methyl sites for hydroxylation is 1. The molecule has 136 valence electrons. The molecule has 1 aliphatic rings. The van der Waals surface area contributed by atoms with E-state index >= 15 is 0 Å². The summed E-state index contributed by atoms with van der Waals surface area (Å²) in [6.07, 6.45) is 7.39. The van der Waals surface area contributed by atoms with Gasteiger partial charge in [-0.25, -0.2) is 13.2 Å². The predicted octanol–water partition coefficient (Wildman–Crippen LogP) is 6.41. The van der Waals surface area contributed by atoms with Crippen LogP contribution in [0.1, 0.15) is 51.0 Å². The van der Waals surface area contributed by atoms with Crippen LogP contribution >= 0.6 is 0 Å². The molecule has 0 bridgehead atoms. The summed E-state index contributed by atoms with van der Waals surface area (Å²) in [5.74, 6) is -1.56. The Morgan fingerprint density at radius 3 is 2.28 bits per heavy atom. The molecule has 0 heterocycles. The van der Waals surface area contributed by atoms with E-state index in [2.05, 4.69) is 6.92 Å². The molecule has 1 fully saturated rings. The van der Waals surface area contributed by atoms with Crippen molar-refractivity contribution in [3.8, 4) is 5.75 Å². The van der Waals surface area contributed by atoms with Gasteiger partial charge in [-0.3, -0.25) is 0 Å². The summed E-state index contributed by atoms with van der Waals surface area (Å²) in [6, 6.07) is 4.61. The van der Waals surface area contributed by atoms with Crippen LogP contribution in [0.25, 0.3) is 10.8 Å². The maximum atomic E-state index is 14.4. The Morgan fingerprint density at radius 1 is 0.960 bits per heavy atom. The highest BCUT2D eigenvalue weighted by molar-refractivity contribution is 5.86. The number of rotatable bonds is 5. The highest BCUT2D eigenvalue weighted by atomic mass is 19.2.